The van der Waals surface area contributed by atoms with Crippen LogP contribution in [0.3, 0.4) is 0 Å². The Morgan fingerprint density at radius 1 is 1.32 bits per heavy atom. The molecule has 2 rings (SSSR count). The van der Waals surface area contributed by atoms with Crippen molar-refractivity contribution in [2.45, 2.75) is 32.7 Å². The highest BCUT2D eigenvalue weighted by atomic mass is 35.5. The number of oxazole rings is 1. The molecule has 8 heteroatoms. The predicted molar refractivity (Wildman–Crippen MR) is 85.6 cm³/mol. The van der Waals surface area contributed by atoms with Crippen molar-refractivity contribution in [3.05, 3.63) is 50.1 Å². The van der Waals surface area contributed by atoms with Crippen molar-refractivity contribution in [2.24, 2.45) is 0 Å². The highest BCUT2D eigenvalue weighted by molar-refractivity contribution is 6.39. The van der Waals surface area contributed by atoms with Gasteiger partial charge in [-0.1, -0.05) is 44.0 Å². The second kappa shape index (κ2) is 6.14. The van der Waals surface area contributed by atoms with Gasteiger partial charge in [-0.15, -0.1) is 0 Å². The molecular weight excluding hydrogens is 329 g/mol. The first-order valence-corrected chi connectivity index (χ1v) is 7.26. The van der Waals surface area contributed by atoms with Crippen molar-refractivity contribution in [1.29, 1.82) is 0 Å². The van der Waals surface area contributed by atoms with Crippen molar-refractivity contribution in [3.8, 4) is 0 Å². The van der Waals surface area contributed by atoms with Gasteiger partial charge >= 0.3 is 0 Å². The first-order valence-electron chi connectivity index (χ1n) is 6.51. The van der Waals surface area contributed by atoms with Crippen LogP contribution in [-0.2, 0) is 12.0 Å². The normalized spacial score (nSPS) is 11.5. The number of benzene rings is 1. The molecule has 0 saturated heterocycles. The lowest BCUT2D eigenvalue weighted by atomic mass is 9.94. The van der Waals surface area contributed by atoms with Crippen LogP contribution in [0, 0.1) is 10.1 Å². The van der Waals surface area contributed by atoms with Crippen LogP contribution < -0.4 is 5.32 Å². The Kier molecular flexibility index (Phi) is 4.63. The molecule has 22 heavy (non-hydrogen) atoms. The molecule has 1 N–H and O–H groups in total. The molecule has 0 amide bonds. The van der Waals surface area contributed by atoms with Gasteiger partial charge in [0.1, 0.15) is 5.76 Å². The van der Waals surface area contributed by atoms with Crippen molar-refractivity contribution in [1.82, 2.24) is 4.98 Å². The summed E-state index contributed by atoms with van der Waals surface area (Å²) in [6.45, 7) is 6.34. The van der Waals surface area contributed by atoms with Crippen LogP contribution in [0.15, 0.2) is 22.7 Å². The summed E-state index contributed by atoms with van der Waals surface area (Å²) in [6, 6.07) is 2.48. The van der Waals surface area contributed by atoms with Crippen LogP contribution in [0.4, 0.5) is 11.4 Å². The fraction of sp³-hybridized carbons (Fsp3) is 0.357. The number of halogens is 2. The number of anilines is 1. The zero-order chi connectivity index (χ0) is 16.5. The molecule has 1 aromatic carbocycles. The Morgan fingerprint density at radius 2 is 1.91 bits per heavy atom. The zero-order valence-electron chi connectivity index (χ0n) is 12.3. The fourth-order valence-corrected chi connectivity index (χ4v) is 2.35. The number of hydrogen-bond donors (Lipinski definition) is 1. The van der Waals surface area contributed by atoms with Crippen LogP contribution in [0.5, 0.6) is 0 Å². The third-order valence-electron chi connectivity index (χ3n) is 2.95. The molecule has 0 saturated carbocycles. The van der Waals surface area contributed by atoms with Gasteiger partial charge in [-0.2, -0.15) is 0 Å². The van der Waals surface area contributed by atoms with Gasteiger partial charge in [-0.25, -0.2) is 4.98 Å². The lowest BCUT2D eigenvalue weighted by Gasteiger charge is -2.13. The SMILES string of the molecule is CC(C)(C)c1cnc(CNc2c(Cl)cc([N+](=O)[O-])cc2Cl)o1. The van der Waals surface area contributed by atoms with Gasteiger partial charge < -0.3 is 9.73 Å². The lowest BCUT2D eigenvalue weighted by Crippen LogP contribution is -2.09. The first kappa shape index (κ1) is 16.6. The Labute approximate surface area is 137 Å². The van der Waals surface area contributed by atoms with Gasteiger partial charge in [0.25, 0.3) is 5.69 Å². The molecule has 0 aliphatic rings. The fourth-order valence-electron chi connectivity index (χ4n) is 1.74. The molecule has 2 aromatic rings. The number of nitro groups is 1. The van der Waals surface area contributed by atoms with Crippen molar-refractivity contribution >= 4 is 34.6 Å². The summed E-state index contributed by atoms with van der Waals surface area (Å²) in [5.41, 5.74) is 0.115. The van der Waals surface area contributed by atoms with Gasteiger partial charge in [0.2, 0.25) is 5.89 Å². The Morgan fingerprint density at radius 3 is 2.36 bits per heavy atom. The van der Waals surface area contributed by atoms with Crippen LogP contribution in [0.25, 0.3) is 0 Å². The van der Waals surface area contributed by atoms with Gasteiger partial charge in [0, 0.05) is 17.5 Å². The predicted octanol–water partition coefficient (Wildman–Crippen LogP) is 4.80. The van der Waals surface area contributed by atoms with E-state index >= 15 is 0 Å². The Hall–Kier alpha value is -1.79. The highest BCUT2D eigenvalue weighted by Crippen LogP contribution is 2.35. The van der Waals surface area contributed by atoms with E-state index in [4.69, 9.17) is 27.6 Å². The van der Waals surface area contributed by atoms with E-state index in [9.17, 15) is 10.1 Å². The third-order valence-corrected chi connectivity index (χ3v) is 3.54. The van der Waals surface area contributed by atoms with E-state index in [0.717, 1.165) is 5.76 Å². The van der Waals surface area contributed by atoms with Crippen LogP contribution in [0.1, 0.15) is 32.4 Å². The summed E-state index contributed by atoms with van der Waals surface area (Å²) in [6.07, 6.45) is 1.68. The van der Waals surface area contributed by atoms with E-state index in [-0.39, 0.29) is 27.7 Å². The second-order valence-electron chi connectivity index (χ2n) is 5.76. The summed E-state index contributed by atoms with van der Waals surface area (Å²) in [5, 5.41) is 14.1. The first-order chi connectivity index (χ1) is 10.2. The van der Waals surface area contributed by atoms with Gasteiger partial charge in [-0.05, 0) is 0 Å². The molecule has 0 fully saturated rings. The van der Waals surface area contributed by atoms with E-state index in [1.807, 2.05) is 20.8 Å². The molecular formula is C14H15Cl2N3O3. The highest BCUT2D eigenvalue weighted by Gasteiger charge is 2.20. The maximum absolute atomic E-state index is 10.7. The van der Waals surface area contributed by atoms with Crippen molar-refractivity contribution in [2.75, 3.05) is 5.32 Å². The summed E-state index contributed by atoms with van der Waals surface area (Å²) < 4.78 is 5.64. The van der Waals surface area contributed by atoms with Crippen LogP contribution in [0.2, 0.25) is 10.0 Å². The number of non-ortho nitro benzene ring substituents is 1. The molecule has 0 spiro atoms. The van der Waals surface area contributed by atoms with E-state index < -0.39 is 4.92 Å². The minimum atomic E-state index is -0.550. The van der Waals surface area contributed by atoms with Gasteiger partial charge in [0.05, 0.1) is 33.4 Å². The average Bonchev–Trinajstić information content (AvgIpc) is 2.86. The Bertz CT molecular complexity index is 685. The molecule has 6 nitrogen and oxygen atoms in total. The van der Waals surface area contributed by atoms with E-state index in [2.05, 4.69) is 10.3 Å². The van der Waals surface area contributed by atoms with Crippen molar-refractivity contribution in [3.63, 3.8) is 0 Å². The number of nitro benzene ring substituents is 1. The number of nitrogens with one attached hydrogen (secondary N) is 1. The van der Waals surface area contributed by atoms with Gasteiger partial charge in [0.15, 0.2) is 0 Å². The number of hydrogen-bond acceptors (Lipinski definition) is 5. The van der Waals surface area contributed by atoms with Crippen LogP contribution in [-0.4, -0.2) is 9.91 Å². The van der Waals surface area contributed by atoms with Crippen LogP contribution >= 0.6 is 23.2 Å². The molecule has 0 unspecified atom stereocenters. The molecule has 0 radical (unpaired) electrons. The quantitative estimate of drug-likeness (QED) is 0.636. The summed E-state index contributed by atoms with van der Waals surface area (Å²) in [7, 11) is 0. The lowest BCUT2D eigenvalue weighted by molar-refractivity contribution is -0.384. The number of aromatic nitrogens is 1. The molecule has 118 valence electrons. The average molecular weight is 344 g/mol. The molecule has 0 bridgehead atoms. The minimum absolute atomic E-state index is 0.131. The molecule has 0 aliphatic heterocycles. The maximum Gasteiger partial charge on any atom is 0.272 e. The standard InChI is InChI=1S/C14H15Cl2N3O3/c1-14(2,3)11-6-17-12(22-11)7-18-13-9(15)4-8(19(20)21)5-10(13)16/h4-6,18H,7H2,1-3H3. The topological polar surface area (TPSA) is 81.2 Å². The maximum atomic E-state index is 10.7. The zero-order valence-corrected chi connectivity index (χ0v) is 13.8. The largest absolute Gasteiger partial charge is 0.443 e. The molecule has 1 aromatic heterocycles. The van der Waals surface area contributed by atoms with Gasteiger partial charge in [-0.3, -0.25) is 10.1 Å². The smallest absolute Gasteiger partial charge is 0.272 e. The number of rotatable bonds is 4. The monoisotopic (exact) mass is 343 g/mol. The molecule has 0 atom stereocenters. The minimum Gasteiger partial charge on any atom is -0.443 e. The molecule has 0 aliphatic carbocycles. The Balaban J connectivity index is 2.15. The van der Waals surface area contributed by atoms with E-state index in [0.29, 0.717) is 11.6 Å². The number of nitrogens with zero attached hydrogens (tertiary/aromatic N) is 2. The third kappa shape index (κ3) is 3.69. The van der Waals surface area contributed by atoms with E-state index in [1.165, 1.54) is 12.1 Å². The summed E-state index contributed by atoms with van der Waals surface area (Å²) in [5.74, 6) is 1.25. The van der Waals surface area contributed by atoms with Crippen molar-refractivity contribution < 1.29 is 9.34 Å². The summed E-state index contributed by atoms with van der Waals surface area (Å²) in [4.78, 5) is 14.4. The second-order valence-corrected chi connectivity index (χ2v) is 6.58. The van der Waals surface area contributed by atoms with E-state index in [1.54, 1.807) is 6.20 Å². The molecule has 1 heterocycles. The summed E-state index contributed by atoms with van der Waals surface area (Å²) >= 11 is 12.0.